The molecule has 2 aromatic heterocycles. The number of fused-ring (bicyclic) bond motifs is 1. The van der Waals surface area contributed by atoms with E-state index in [4.69, 9.17) is 24.9 Å². The van der Waals surface area contributed by atoms with E-state index in [1.165, 1.54) is 11.3 Å². The molecule has 0 radical (unpaired) electrons. The highest BCUT2D eigenvalue weighted by molar-refractivity contribution is 7.19. The first-order valence-electron chi connectivity index (χ1n) is 13.5. The zero-order valence-corrected chi connectivity index (χ0v) is 24.1. The smallest absolute Gasteiger partial charge is 0.227 e. The first-order chi connectivity index (χ1) is 19.9. The molecule has 0 atom stereocenters. The molecule has 1 aliphatic rings. The van der Waals surface area contributed by atoms with Gasteiger partial charge in [-0.25, -0.2) is 9.97 Å². The molecule has 4 aromatic rings. The maximum Gasteiger partial charge on any atom is 0.227 e. The fourth-order valence-corrected chi connectivity index (χ4v) is 6.12. The van der Waals surface area contributed by atoms with Crippen molar-refractivity contribution in [2.24, 2.45) is 5.73 Å². The van der Waals surface area contributed by atoms with Gasteiger partial charge in [0.2, 0.25) is 18.3 Å². The summed E-state index contributed by atoms with van der Waals surface area (Å²) in [6.45, 7) is 5.15. The number of nitrogens with two attached hydrogens (primary N) is 1. The number of carbonyl (C=O) groups excluding carboxylic acids is 2. The monoisotopic (exact) mass is 575 g/mol. The summed E-state index contributed by atoms with van der Waals surface area (Å²) in [5.41, 5.74) is 9.28. The summed E-state index contributed by atoms with van der Waals surface area (Å²) in [6, 6.07) is 13.3. The number of carbonyl (C=O) groups is 2. The Morgan fingerprint density at radius 1 is 1.22 bits per heavy atom. The lowest BCUT2D eigenvalue weighted by Gasteiger charge is -2.31. The van der Waals surface area contributed by atoms with Crippen LogP contribution in [0.15, 0.2) is 48.7 Å². The molecule has 11 heteroatoms. The van der Waals surface area contributed by atoms with Gasteiger partial charge in [0, 0.05) is 47.0 Å². The minimum atomic E-state index is -0.431. The minimum Gasteiger partial charge on any atom is -0.496 e. The molecule has 1 fully saturated rings. The van der Waals surface area contributed by atoms with Crippen molar-refractivity contribution in [3.05, 3.63) is 53.5 Å². The third kappa shape index (κ3) is 6.26. The van der Waals surface area contributed by atoms with Crippen molar-refractivity contribution in [3.8, 4) is 22.6 Å². The molecule has 3 heterocycles. The number of methoxy groups -OCH3 is 1. The lowest BCUT2D eigenvalue weighted by molar-refractivity contribution is -0.117. The number of thiophene rings is 1. The maximum absolute atomic E-state index is 12.1. The molecule has 0 spiro atoms. The average Bonchev–Trinajstić information content (AvgIpc) is 3.31. The fraction of sp³-hybridized carbons (Fsp3) is 0.333. The number of rotatable bonds is 11. The number of nitrogens with zero attached hydrogens (tertiary/aromatic N) is 3. The quantitative estimate of drug-likeness (QED) is 0.237. The summed E-state index contributed by atoms with van der Waals surface area (Å²) in [4.78, 5) is 35.9. The van der Waals surface area contributed by atoms with E-state index in [0.717, 1.165) is 45.6 Å². The van der Waals surface area contributed by atoms with E-state index in [0.29, 0.717) is 41.9 Å². The van der Waals surface area contributed by atoms with Gasteiger partial charge >= 0.3 is 0 Å². The Morgan fingerprint density at radius 2 is 2.00 bits per heavy atom. The summed E-state index contributed by atoms with van der Waals surface area (Å²) in [5.74, 6) is 1.16. The predicted molar refractivity (Wildman–Crippen MR) is 160 cm³/mol. The van der Waals surface area contributed by atoms with Crippen LogP contribution in [0.5, 0.6) is 11.5 Å². The molecular formula is C30H33N5O5S. The van der Waals surface area contributed by atoms with Crippen LogP contribution in [-0.4, -0.2) is 54.8 Å². The Kier molecular flexibility index (Phi) is 8.65. The van der Waals surface area contributed by atoms with Gasteiger partial charge in [0.05, 0.1) is 41.7 Å². The molecule has 0 bridgehead atoms. The number of aromatic nitrogens is 2. The molecule has 1 aliphatic heterocycles. The van der Waals surface area contributed by atoms with Crippen LogP contribution in [0.4, 0.5) is 17.3 Å². The van der Waals surface area contributed by atoms with Crippen LogP contribution in [0.2, 0.25) is 0 Å². The van der Waals surface area contributed by atoms with Crippen molar-refractivity contribution in [3.63, 3.8) is 0 Å². The number of ether oxygens (including phenoxy) is 3. The standard InChI is InChI=1S/C30H33N5O5S/c1-18(2)40-24-14-20(35(17-36)19-10-12-39-13-11-19)8-9-22(24)33-30-32-16-26-29(34-30)28(25(41-26)15-27(31)37)21-6-4-5-7-23(21)38-3/h4-9,14,16-19H,10-13,15H2,1-3H3,(H2,31,37)(H,32,33,34). The zero-order chi connectivity index (χ0) is 28.9. The van der Waals surface area contributed by atoms with Gasteiger partial charge in [-0.1, -0.05) is 18.2 Å². The van der Waals surface area contributed by atoms with Crippen LogP contribution in [0.3, 0.4) is 0 Å². The molecule has 0 saturated carbocycles. The van der Waals surface area contributed by atoms with E-state index in [1.807, 2.05) is 56.3 Å². The Hall–Kier alpha value is -4.22. The number of hydrogen-bond acceptors (Lipinski definition) is 9. The van der Waals surface area contributed by atoms with Gasteiger partial charge in [-0.05, 0) is 44.9 Å². The minimum absolute atomic E-state index is 0.0688. The van der Waals surface area contributed by atoms with Crippen molar-refractivity contribution in [2.45, 2.75) is 45.3 Å². The topological polar surface area (TPSA) is 129 Å². The van der Waals surface area contributed by atoms with Crippen LogP contribution >= 0.6 is 11.3 Å². The highest BCUT2D eigenvalue weighted by Gasteiger charge is 2.24. The third-order valence-electron chi connectivity index (χ3n) is 6.79. The van der Waals surface area contributed by atoms with Crippen LogP contribution < -0.4 is 25.4 Å². The van der Waals surface area contributed by atoms with Crippen LogP contribution in [0, 0.1) is 0 Å². The summed E-state index contributed by atoms with van der Waals surface area (Å²) in [5, 5.41) is 3.30. The highest BCUT2D eigenvalue weighted by atomic mass is 32.1. The summed E-state index contributed by atoms with van der Waals surface area (Å²) in [6.07, 6.45) is 4.13. The molecule has 0 unspecified atom stereocenters. The molecule has 3 N–H and O–H groups in total. The number of benzene rings is 2. The van der Waals surface area contributed by atoms with Crippen molar-refractivity contribution in [1.29, 1.82) is 0 Å². The number of amides is 2. The first kappa shape index (κ1) is 28.3. The van der Waals surface area contributed by atoms with Gasteiger partial charge in [0.25, 0.3) is 0 Å². The highest BCUT2D eigenvalue weighted by Crippen LogP contribution is 2.42. The van der Waals surface area contributed by atoms with Gasteiger partial charge in [-0.15, -0.1) is 11.3 Å². The Bertz CT molecular complexity index is 1550. The summed E-state index contributed by atoms with van der Waals surface area (Å²) in [7, 11) is 1.61. The van der Waals surface area contributed by atoms with Crippen molar-refractivity contribution in [1.82, 2.24) is 9.97 Å². The first-order valence-corrected chi connectivity index (χ1v) is 14.3. The molecule has 214 valence electrons. The van der Waals surface area contributed by atoms with Crippen LogP contribution in [0.1, 0.15) is 31.6 Å². The van der Waals surface area contributed by atoms with Crippen LogP contribution in [0.25, 0.3) is 21.3 Å². The molecule has 5 rings (SSSR count). The molecule has 1 saturated heterocycles. The molecule has 0 aliphatic carbocycles. The van der Waals surface area contributed by atoms with E-state index in [-0.39, 0.29) is 18.6 Å². The van der Waals surface area contributed by atoms with Crippen molar-refractivity contribution in [2.75, 3.05) is 30.5 Å². The number of anilines is 3. The zero-order valence-electron chi connectivity index (χ0n) is 23.3. The fourth-order valence-electron chi connectivity index (χ4n) is 4.98. The van der Waals surface area contributed by atoms with Crippen molar-refractivity contribution < 1.29 is 23.8 Å². The maximum atomic E-state index is 12.1. The Labute approximate surface area is 242 Å². The Morgan fingerprint density at radius 3 is 2.71 bits per heavy atom. The second kappa shape index (κ2) is 12.5. The number of nitrogens with one attached hydrogen (secondary N) is 1. The number of hydrogen-bond donors (Lipinski definition) is 2. The van der Waals surface area contributed by atoms with E-state index in [2.05, 4.69) is 10.3 Å². The van der Waals surface area contributed by atoms with Gasteiger partial charge in [0.15, 0.2) is 0 Å². The lowest BCUT2D eigenvalue weighted by Crippen LogP contribution is -2.38. The summed E-state index contributed by atoms with van der Waals surface area (Å²) < 4.78 is 18.1. The SMILES string of the molecule is COc1ccccc1-c1c(CC(N)=O)sc2cnc(Nc3ccc(N(C=O)C4CCOCC4)cc3OC(C)C)nc12. The summed E-state index contributed by atoms with van der Waals surface area (Å²) >= 11 is 1.43. The second-order valence-electron chi connectivity index (χ2n) is 9.98. The van der Waals surface area contributed by atoms with E-state index in [1.54, 1.807) is 18.2 Å². The predicted octanol–water partition coefficient (Wildman–Crippen LogP) is 5.07. The molecule has 2 aromatic carbocycles. The van der Waals surface area contributed by atoms with Gasteiger partial charge in [-0.2, -0.15) is 0 Å². The average molecular weight is 576 g/mol. The van der Waals surface area contributed by atoms with E-state index >= 15 is 0 Å². The number of para-hydroxylation sites is 1. The second-order valence-corrected chi connectivity index (χ2v) is 11.1. The van der Waals surface area contributed by atoms with Crippen LogP contribution in [-0.2, 0) is 20.7 Å². The molecular weight excluding hydrogens is 542 g/mol. The van der Waals surface area contributed by atoms with E-state index < -0.39 is 5.91 Å². The molecule has 2 amide bonds. The van der Waals surface area contributed by atoms with Gasteiger partial charge < -0.3 is 30.2 Å². The third-order valence-corrected chi connectivity index (χ3v) is 7.90. The van der Waals surface area contributed by atoms with Crippen molar-refractivity contribution >= 4 is 51.2 Å². The van der Waals surface area contributed by atoms with E-state index in [9.17, 15) is 9.59 Å². The van der Waals surface area contributed by atoms with Gasteiger partial charge in [-0.3, -0.25) is 9.59 Å². The number of primary amides is 1. The largest absolute Gasteiger partial charge is 0.496 e. The Balaban J connectivity index is 1.54. The molecule has 10 nitrogen and oxygen atoms in total. The molecule has 41 heavy (non-hydrogen) atoms. The van der Waals surface area contributed by atoms with Gasteiger partial charge in [0.1, 0.15) is 11.5 Å². The normalized spacial score (nSPS) is 13.8. The lowest BCUT2D eigenvalue weighted by atomic mass is 10.0.